The number of halogens is 1. The SMILES string of the molecule is Cc1csc2nc(-c3ccccc3F)cn12. The Morgan fingerprint density at radius 2 is 2.12 bits per heavy atom. The lowest BCUT2D eigenvalue weighted by Crippen LogP contribution is -1.83. The van der Waals surface area contributed by atoms with Crippen molar-refractivity contribution in [1.29, 1.82) is 0 Å². The van der Waals surface area contributed by atoms with E-state index in [4.69, 9.17) is 0 Å². The van der Waals surface area contributed by atoms with Crippen LogP contribution in [0.4, 0.5) is 4.39 Å². The summed E-state index contributed by atoms with van der Waals surface area (Å²) in [6.45, 7) is 2.01. The molecule has 0 N–H and O–H groups in total. The van der Waals surface area contributed by atoms with E-state index >= 15 is 0 Å². The molecule has 2 aromatic heterocycles. The molecule has 4 heteroatoms. The minimum absolute atomic E-state index is 0.231. The lowest BCUT2D eigenvalue weighted by molar-refractivity contribution is 0.631. The van der Waals surface area contributed by atoms with Crippen LogP contribution in [0, 0.1) is 12.7 Å². The lowest BCUT2D eigenvalue weighted by atomic mass is 10.1. The third-order valence-electron chi connectivity index (χ3n) is 2.54. The number of rotatable bonds is 1. The highest BCUT2D eigenvalue weighted by atomic mass is 32.1. The number of aryl methyl sites for hydroxylation is 1. The van der Waals surface area contributed by atoms with Gasteiger partial charge in [-0.25, -0.2) is 9.37 Å². The van der Waals surface area contributed by atoms with Crippen LogP contribution in [0.3, 0.4) is 0 Å². The Hall–Kier alpha value is -1.68. The van der Waals surface area contributed by atoms with E-state index in [1.165, 1.54) is 6.07 Å². The largest absolute Gasteiger partial charge is 0.294 e. The van der Waals surface area contributed by atoms with E-state index in [0.717, 1.165) is 10.7 Å². The second-order valence-corrected chi connectivity index (χ2v) is 4.47. The number of thiazole rings is 1. The molecule has 0 aliphatic carbocycles. The molecule has 0 radical (unpaired) electrons. The first-order chi connectivity index (χ1) is 7.75. The van der Waals surface area contributed by atoms with Crippen LogP contribution in [-0.4, -0.2) is 9.38 Å². The Kier molecular flexibility index (Phi) is 2.04. The number of aromatic nitrogens is 2. The van der Waals surface area contributed by atoms with E-state index in [9.17, 15) is 4.39 Å². The Bertz CT molecular complexity index is 654. The van der Waals surface area contributed by atoms with Gasteiger partial charge < -0.3 is 0 Å². The molecule has 3 rings (SSSR count). The molecule has 2 nitrogen and oxygen atoms in total. The fraction of sp³-hybridized carbons (Fsp3) is 0.0833. The molecule has 0 atom stereocenters. The van der Waals surface area contributed by atoms with E-state index in [2.05, 4.69) is 4.98 Å². The van der Waals surface area contributed by atoms with Crippen LogP contribution in [-0.2, 0) is 0 Å². The van der Waals surface area contributed by atoms with Crippen molar-refractivity contribution >= 4 is 16.3 Å². The van der Waals surface area contributed by atoms with Gasteiger partial charge in [0.2, 0.25) is 0 Å². The minimum atomic E-state index is -0.231. The molecule has 0 amide bonds. The van der Waals surface area contributed by atoms with Gasteiger partial charge in [0.25, 0.3) is 0 Å². The predicted octanol–water partition coefficient (Wildman–Crippen LogP) is 3.51. The summed E-state index contributed by atoms with van der Waals surface area (Å²) >= 11 is 1.56. The van der Waals surface area contributed by atoms with Gasteiger partial charge in [-0.1, -0.05) is 12.1 Å². The maximum atomic E-state index is 13.6. The minimum Gasteiger partial charge on any atom is -0.294 e. The van der Waals surface area contributed by atoms with Crippen LogP contribution in [0.1, 0.15) is 5.69 Å². The summed E-state index contributed by atoms with van der Waals surface area (Å²) in [4.78, 5) is 5.30. The summed E-state index contributed by atoms with van der Waals surface area (Å²) in [5, 5.41) is 2.04. The summed E-state index contributed by atoms with van der Waals surface area (Å²) in [7, 11) is 0. The van der Waals surface area contributed by atoms with Gasteiger partial charge >= 0.3 is 0 Å². The van der Waals surface area contributed by atoms with Crippen LogP contribution in [0.15, 0.2) is 35.8 Å². The van der Waals surface area contributed by atoms with Crippen LogP contribution >= 0.6 is 11.3 Å². The highest BCUT2D eigenvalue weighted by Gasteiger charge is 2.10. The van der Waals surface area contributed by atoms with Gasteiger partial charge in [-0.2, -0.15) is 0 Å². The number of imidazole rings is 1. The number of fused-ring (bicyclic) bond motifs is 1. The lowest BCUT2D eigenvalue weighted by Gasteiger charge is -1.96. The topological polar surface area (TPSA) is 17.3 Å². The first-order valence-corrected chi connectivity index (χ1v) is 5.82. The summed E-state index contributed by atoms with van der Waals surface area (Å²) in [6.07, 6.45) is 1.87. The van der Waals surface area contributed by atoms with Crippen molar-refractivity contribution in [3.63, 3.8) is 0 Å². The molecular weight excluding hydrogens is 223 g/mol. The normalized spacial score (nSPS) is 11.1. The highest BCUT2D eigenvalue weighted by Crippen LogP contribution is 2.25. The van der Waals surface area contributed by atoms with Crippen molar-refractivity contribution in [3.8, 4) is 11.3 Å². The average molecular weight is 232 g/mol. The highest BCUT2D eigenvalue weighted by molar-refractivity contribution is 7.15. The average Bonchev–Trinajstić information content (AvgIpc) is 2.82. The summed E-state index contributed by atoms with van der Waals surface area (Å²) in [5.74, 6) is -0.231. The third-order valence-corrected chi connectivity index (χ3v) is 3.50. The molecule has 16 heavy (non-hydrogen) atoms. The van der Waals surface area contributed by atoms with Crippen LogP contribution in [0.25, 0.3) is 16.2 Å². The molecule has 0 saturated carbocycles. The van der Waals surface area contributed by atoms with Gasteiger partial charge in [0.05, 0.1) is 5.69 Å². The molecule has 0 aliphatic rings. The molecule has 0 aliphatic heterocycles. The van der Waals surface area contributed by atoms with Crippen molar-refractivity contribution in [2.24, 2.45) is 0 Å². The molecule has 80 valence electrons. The predicted molar refractivity (Wildman–Crippen MR) is 63.2 cm³/mol. The Balaban J connectivity index is 2.23. The summed E-state index contributed by atoms with van der Waals surface area (Å²) in [6, 6.07) is 6.70. The Morgan fingerprint density at radius 1 is 1.31 bits per heavy atom. The van der Waals surface area contributed by atoms with E-state index in [-0.39, 0.29) is 5.82 Å². The van der Waals surface area contributed by atoms with E-state index in [1.54, 1.807) is 23.5 Å². The number of hydrogen-bond acceptors (Lipinski definition) is 2. The maximum absolute atomic E-state index is 13.6. The third kappa shape index (κ3) is 1.34. The number of hydrogen-bond donors (Lipinski definition) is 0. The van der Waals surface area contributed by atoms with Crippen LogP contribution < -0.4 is 0 Å². The molecule has 2 heterocycles. The number of benzene rings is 1. The van der Waals surface area contributed by atoms with Crippen molar-refractivity contribution in [1.82, 2.24) is 9.38 Å². The van der Waals surface area contributed by atoms with Gasteiger partial charge in [0, 0.05) is 22.8 Å². The molecule has 3 aromatic rings. The monoisotopic (exact) mass is 232 g/mol. The molecule has 0 fully saturated rings. The van der Waals surface area contributed by atoms with Gasteiger partial charge in [0.15, 0.2) is 4.96 Å². The standard InChI is InChI=1S/C12H9FN2S/c1-8-7-16-12-14-11(6-15(8)12)9-4-2-3-5-10(9)13/h2-7H,1H3. The Labute approximate surface area is 96.0 Å². The van der Waals surface area contributed by atoms with E-state index < -0.39 is 0 Å². The smallest absolute Gasteiger partial charge is 0.194 e. The first kappa shape index (κ1) is 9.54. The Morgan fingerprint density at radius 3 is 2.88 bits per heavy atom. The van der Waals surface area contributed by atoms with E-state index in [1.807, 2.05) is 29.0 Å². The fourth-order valence-electron chi connectivity index (χ4n) is 1.69. The van der Waals surface area contributed by atoms with Crippen LogP contribution in [0.5, 0.6) is 0 Å². The van der Waals surface area contributed by atoms with Gasteiger partial charge in [-0.3, -0.25) is 4.40 Å². The van der Waals surface area contributed by atoms with E-state index in [0.29, 0.717) is 11.3 Å². The fourth-order valence-corrected chi connectivity index (χ4v) is 2.54. The first-order valence-electron chi connectivity index (χ1n) is 4.94. The zero-order valence-corrected chi connectivity index (χ0v) is 9.46. The van der Waals surface area contributed by atoms with Gasteiger partial charge in [0.1, 0.15) is 5.82 Å². The van der Waals surface area contributed by atoms with Crippen molar-refractivity contribution in [2.75, 3.05) is 0 Å². The summed E-state index contributed by atoms with van der Waals surface area (Å²) < 4.78 is 15.5. The molecule has 0 bridgehead atoms. The summed E-state index contributed by atoms with van der Waals surface area (Å²) in [5.41, 5.74) is 2.36. The zero-order valence-electron chi connectivity index (χ0n) is 8.64. The van der Waals surface area contributed by atoms with Gasteiger partial charge in [-0.05, 0) is 19.1 Å². The molecule has 0 spiro atoms. The molecule has 0 unspecified atom stereocenters. The van der Waals surface area contributed by atoms with Gasteiger partial charge in [-0.15, -0.1) is 11.3 Å². The molecule has 0 saturated heterocycles. The zero-order chi connectivity index (χ0) is 11.1. The second-order valence-electron chi connectivity index (χ2n) is 3.64. The van der Waals surface area contributed by atoms with Crippen molar-refractivity contribution in [2.45, 2.75) is 6.92 Å². The molecule has 1 aromatic carbocycles. The number of nitrogens with zero attached hydrogens (tertiary/aromatic N) is 2. The quantitative estimate of drug-likeness (QED) is 0.627. The second kappa shape index (κ2) is 3.42. The maximum Gasteiger partial charge on any atom is 0.194 e. The van der Waals surface area contributed by atoms with Crippen molar-refractivity contribution in [3.05, 3.63) is 47.4 Å². The molecular formula is C12H9FN2S. The van der Waals surface area contributed by atoms with Crippen LogP contribution in [0.2, 0.25) is 0 Å². The van der Waals surface area contributed by atoms with Crippen molar-refractivity contribution < 1.29 is 4.39 Å².